The molecule has 3 nitrogen and oxygen atoms in total. The van der Waals surface area contributed by atoms with Gasteiger partial charge in [0.1, 0.15) is 0 Å². The van der Waals surface area contributed by atoms with Gasteiger partial charge in [0.25, 0.3) is 0 Å². The summed E-state index contributed by atoms with van der Waals surface area (Å²) in [6.45, 7) is 0.516. The molecular weight excluding hydrogens is 316 g/mol. The van der Waals surface area contributed by atoms with E-state index in [0.29, 0.717) is 18.5 Å². The average molecular weight is 329 g/mol. The average Bonchev–Trinajstić information content (AvgIpc) is 2.47. The normalized spacial score (nSPS) is 9.80. The van der Waals surface area contributed by atoms with Crippen LogP contribution in [0.15, 0.2) is 53.0 Å². The van der Waals surface area contributed by atoms with E-state index in [2.05, 4.69) is 27.3 Å². The molecule has 2 aromatic carbocycles. The van der Waals surface area contributed by atoms with Gasteiger partial charge in [0, 0.05) is 11.0 Å². The number of nitrogens with zero attached hydrogens (tertiary/aromatic N) is 1. The van der Waals surface area contributed by atoms with Crippen molar-refractivity contribution in [1.29, 1.82) is 5.26 Å². The maximum absolute atomic E-state index is 11.8. The highest BCUT2D eigenvalue weighted by molar-refractivity contribution is 9.10. The van der Waals surface area contributed by atoms with E-state index in [1.807, 2.05) is 24.3 Å². The Hall–Kier alpha value is -2.12. The molecule has 0 aliphatic heterocycles. The molecule has 0 saturated heterocycles. The van der Waals surface area contributed by atoms with Crippen molar-refractivity contribution in [3.63, 3.8) is 0 Å². The molecule has 1 amide bonds. The zero-order valence-electron chi connectivity index (χ0n) is 10.8. The van der Waals surface area contributed by atoms with Crippen molar-refractivity contribution in [3.05, 3.63) is 69.7 Å². The van der Waals surface area contributed by atoms with Crippen LogP contribution in [0.3, 0.4) is 0 Å². The standard InChI is InChI=1S/C16H13BrN2O/c17-15-7-5-14(6-8-15)11-19-16(20)9-12-1-3-13(10-18)4-2-12/h1-8H,9,11H2,(H,19,20). The number of benzene rings is 2. The van der Waals surface area contributed by atoms with Crippen LogP contribution in [0.4, 0.5) is 0 Å². The third-order valence-electron chi connectivity index (χ3n) is 2.85. The molecule has 0 radical (unpaired) electrons. The van der Waals surface area contributed by atoms with Crippen LogP contribution < -0.4 is 5.32 Å². The molecule has 0 saturated carbocycles. The number of carbonyl (C=O) groups excluding carboxylic acids is 1. The van der Waals surface area contributed by atoms with Crippen LogP contribution in [0.2, 0.25) is 0 Å². The summed E-state index contributed by atoms with van der Waals surface area (Å²) in [5, 5.41) is 11.6. The van der Waals surface area contributed by atoms with E-state index >= 15 is 0 Å². The van der Waals surface area contributed by atoms with E-state index in [0.717, 1.165) is 15.6 Å². The summed E-state index contributed by atoms with van der Waals surface area (Å²) in [4.78, 5) is 11.8. The zero-order chi connectivity index (χ0) is 14.4. The van der Waals surface area contributed by atoms with Crippen LogP contribution in [-0.4, -0.2) is 5.91 Å². The summed E-state index contributed by atoms with van der Waals surface area (Å²) in [5.74, 6) is -0.0300. The summed E-state index contributed by atoms with van der Waals surface area (Å²) in [6, 6.07) is 16.9. The van der Waals surface area contributed by atoms with E-state index in [1.54, 1.807) is 24.3 Å². The van der Waals surface area contributed by atoms with Gasteiger partial charge in [-0.2, -0.15) is 5.26 Å². The lowest BCUT2D eigenvalue weighted by Crippen LogP contribution is -2.24. The zero-order valence-corrected chi connectivity index (χ0v) is 12.4. The fourth-order valence-corrected chi connectivity index (χ4v) is 2.01. The van der Waals surface area contributed by atoms with E-state index in [-0.39, 0.29) is 5.91 Å². The number of hydrogen-bond donors (Lipinski definition) is 1. The third kappa shape index (κ3) is 4.22. The largest absolute Gasteiger partial charge is 0.352 e. The molecule has 0 atom stereocenters. The lowest BCUT2D eigenvalue weighted by Gasteiger charge is -2.06. The minimum atomic E-state index is -0.0300. The molecule has 100 valence electrons. The summed E-state index contributed by atoms with van der Waals surface area (Å²) >= 11 is 3.37. The van der Waals surface area contributed by atoms with Crippen molar-refractivity contribution in [1.82, 2.24) is 5.32 Å². The molecular formula is C16H13BrN2O. The summed E-state index contributed by atoms with van der Waals surface area (Å²) < 4.78 is 1.02. The van der Waals surface area contributed by atoms with Crippen molar-refractivity contribution in [2.75, 3.05) is 0 Å². The van der Waals surface area contributed by atoms with E-state index in [4.69, 9.17) is 5.26 Å². The highest BCUT2D eigenvalue weighted by atomic mass is 79.9. The van der Waals surface area contributed by atoms with Crippen molar-refractivity contribution >= 4 is 21.8 Å². The molecule has 2 rings (SSSR count). The number of amides is 1. The third-order valence-corrected chi connectivity index (χ3v) is 3.38. The Morgan fingerprint density at radius 3 is 2.25 bits per heavy atom. The lowest BCUT2D eigenvalue weighted by atomic mass is 10.1. The smallest absolute Gasteiger partial charge is 0.224 e. The molecule has 0 heterocycles. The van der Waals surface area contributed by atoms with Crippen LogP contribution in [0.25, 0.3) is 0 Å². The highest BCUT2D eigenvalue weighted by Crippen LogP contribution is 2.10. The van der Waals surface area contributed by atoms with Gasteiger partial charge in [0.2, 0.25) is 5.91 Å². The van der Waals surface area contributed by atoms with Crippen molar-refractivity contribution in [3.8, 4) is 6.07 Å². The second-order valence-electron chi connectivity index (χ2n) is 4.39. The molecule has 0 aliphatic rings. The molecule has 0 fully saturated rings. The minimum absolute atomic E-state index is 0.0300. The quantitative estimate of drug-likeness (QED) is 0.937. The van der Waals surface area contributed by atoms with Gasteiger partial charge >= 0.3 is 0 Å². The van der Waals surface area contributed by atoms with Gasteiger partial charge in [-0.1, -0.05) is 40.2 Å². The Morgan fingerprint density at radius 1 is 1.05 bits per heavy atom. The van der Waals surface area contributed by atoms with Crippen LogP contribution in [-0.2, 0) is 17.8 Å². The Bertz CT molecular complexity index is 627. The number of nitriles is 1. The first-order chi connectivity index (χ1) is 9.67. The van der Waals surface area contributed by atoms with Crippen LogP contribution >= 0.6 is 15.9 Å². The second kappa shape index (κ2) is 6.88. The number of halogens is 1. The van der Waals surface area contributed by atoms with E-state index < -0.39 is 0 Å². The predicted molar refractivity (Wildman–Crippen MR) is 80.8 cm³/mol. The molecule has 0 aliphatic carbocycles. The van der Waals surface area contributed by atoms with E-state index in [9.17, 15) is 4.79 Å². The number of nitrogens with one attached hydrogen (secondary N) is 1. The highest BCUT2D eigenvalue weighted by Gasteiger charge is 2.03. The molecule has 4 heteroatoms. The van der Waals surface area contributed by atoms with E-state index in [1.165, 1.54) is 0 Å². The van der Waals surface area contributed by atoms with Gasteiger partial charge in [0.15, 0.2) is 0 Å². The number of hydrogen-bond acceptors (Lipinski definition) is 2. The topological polar surface area (TPSA) is 52.9 Å². The van der Waals surface area contributed by atoms with Crippen LogP contribution in [0.5, 0.6) is 0 Å². The van der Waals surface area contributed by atoms with Gasteiger partial charge < -0.3 is 5.32 Å². The predicted octanol–water partition coefficient (Wildman–Crippen LogP) is 3.18. The summed E-state index contributed by atoms with van der Waals surface area (Å²) in [7, 11) is 0. The first-order valence-electron chi connectivity index (χ1n) is 6.17. The lowest BCUT2D eigenvalue weighted by molar-refractivity contribution is -0.120. The molecule has 0 unspecified atom stereocenters. The molecule has 0 bridgehead atoms. The maximum Gasteiger partial charge on any atom is 0.224 e. The summed E-state index contributed by atoms with van der Waals surface area (Å²) in [5.41, 5.74) is 2.56. The van der Waals surface area contributed by atoms with Crippen LogP contribution in [0, 0.1) is 11.3 Å². The van der Waals surface area contributed by atoms with Crippen LogP contribution in [0.1, 0.15) is 16.7 Å². The van der Waals surface area contributed by atoms with Gasteiger partial charge in [0.05, 0.1) is 18.1 Å². The second-order valence-corrected chi connectivity index (χ2v) is 5.30. The fourth-order valence-electron chi connectivity index (χ4n) is 1.75. The Labute approximate surface area is 126 Å². The SMILES string of the molecule is N#Cc1ccc(CC(=O)NCc2ccc(Br)cc2)cc1. The molecule has 20 heavy (non-hydrogen) atoms. The monoisotopic (exact) mass is 328 g/mol. The Kier molecular flexibility index (Phi) is 4.91. The first-order valence-corrected chi connectivity index (χ1v) is 6.97. The first kappa shape index (κ1) is 14.3. The Morgan fingerprint density at radius 2 is 1.65 bits per heavy atom. The van der Waals surface area contributed by atoms with Gasteiger partial charge in [-0.15, -0.1) is 0 Å². The van der Waals surface area contributed by atoms with Crippen molar-refractivity contribution in [2.24, 2.45) is 0 Å². The molecule has 2 aromatic rings. The summed E-state index contributed by atoms with van der Waals surface area (Å²) in [6.07, 6.45) is 0.322. The Balaban J connectivity index is 1.86. The fraction of sp³-hybridized carbons (Fsp3) is 0.125. The van der Waals surface area contributed by atoms with Gasteiger partial charge in [-0.3, -0.25) is 4.79 Å². The minimum Gasteiger partial charge on any atom is -0.352 e. The van der Waals surface area contributed by atoms with Gasteiger partial charge in [-0.05, 0) is 35.4 Å². The number of carbonyl (C=O) groups is 1. The maximum atomic E-state index is 11.8. The molecule has 0 spiro atoms. The molecule has 1 N–H and O–H groups in total. The number of rotatable bonds is 4. The van der Waals surface area contributed by atoms with Crippen molar-refractivity contribution in [2.45, 2.75) is 13.0 Å². The molecule has 0 aromatic heterocycles. The van der Waals surface area contributed by atoms with Crippen molar-refractivity contribution < 1.29 is 4.79 Å². The van der Waals surface area contributed by atoms with Gasteiger partial charge in [-0.25, -0.2) is 0 Å².